The van der Waals surface area contributed by atoms with E-state index in [2.05, 4.69) is 15.0 Å². The number of aryl methyl sites for hydroxylation is 1. The smallest absolute Gasteiger partial charge is 0.296 e. The van der Waals surface area contributed by atoms with E-state index in [0.29, 0.717) is 29.3 Å². The lowest BCUT2D eigenvalue weighted by Crippen LogP contribution is -2.20. The quantitative estimate of drug-likeness (QED) is 0.683. The summed E-state index contributed by atoms with van der Waals surface area (Å²) in [7, 11) is 0. The van der Waals surface area contributed by atoms with Gasteiger partial charge < -0.3 is 0 Å². The topological polar surface area (TPSA) is 50.5 Å². The van der Waals surface area contributed by atoms with Crippen molar-refractivity contribution in [1.29, 1.82) is 0 Å². The zero-order chi connectivity index (χ0) is 19.2. The molecule has 4 rings (SSSR count). The number of halogens is 3. The lowest BCUT2D eigenvalue weighted by atomic mass is 9.96. The average Bonchev–Trinajstić information content (AvgIpc) is 3.21. The molecule has 1 aliphatic heterocycles. The highest BCUT2D eigenvalue weighted by Gasteiger charge is 2.32. The Morgan fingerprint density at radius 1 is 1.30 bits per heavy atom. The zero-order valence-electron chi connectivity index (χ0n) is 14.5. The summed E-state index contributed by atoms with van der Waals surface area (Å²) in [4.78, 5) is 19.0. The van der Waals surface area contributed by atoms with E-state index in [4.69, 9.17) is 0 Å². The Hall–Kier alpha value is -2.26. The summed E-state index contributed by atoms with van der Waals surface area (Å²) < 4.78 is 40.1. The van der Waals surface area contributed by atoms with Gasteiger partial charge in [-0.3, -0.25) is 9.69 Å². The Morgan fingerprint density at radius 3 is 2.89 bits per heavy atom. The van der Waals surface area contributed by atoms with Crippen LogP contribution in [0.2, 0.25) is 0 Å². The molecule has 1 atom stereocenters. The molecule has 0 amide bonds. The maximum Gasteiger partial charge on any atom is 0.416 e. The lowest BCUT2D eigenvalue weighted by molar-refractivity contribution is -0.137. The molecule has 2 aromatic heterocycles. The van der Waals surface area contributed by atoms with Gasteiger partial charge in [0, 0.05) is 18.3 Å². The third kappa shape index (κ3) is 3.74. The van der Waals surface area contributed by atoms with Crippen LogP contribution in [0.5, 0.6) is 0 Å². The number of nitrogens with zero attached hydrogens (tertiary/aromatic N) is 4. The number of hydrogen-bond acceptors (Lipinski definition) is 5. The molecule has 1 saturated heterocycles. The molecular weight excluding hydrogens is 377 g/mol. The highest BCUT2D eigenvalue weighted by molar-refractivity contribution is 7.16. The van der Waals surface area contributed by atoms with Gasteiger partial charge in [0.1, 0.15) is 5.01 Å². The summed E-state index contributed by atoms with van der Waals surface area (Å²) in [6.45, 7) is 3.76. The van der Waals surface area contributed by atoms with Gasteiger partial charge >= 0.3 is 6.18 Å². The van der Waals surface area contributed by atoms with E-state index in [-0.39, 0.29) is 11.5 Å². The van der Waals surface area contributed by atoms with E-state index >= 15 is 0 Å². The number of hydrogen-bond donors (Lipinski definition) is 0. The van der Waals surface area contributed by atoms with E-state index in [1.165, 1.54) is 34.1 Å². The van der Waals surface area contributed by atoms with Crippen molar-refractivity contribution in [3.63, 3.8) is 0 Å². The minimum atomic E-state index is -4.33. The molecule has 0 radical (unpaired) electrons. The van der Waals surface area contributed by atoms with Gasteiger partial charge in [-0.2, -0.15) is 22.8 Å². The van der Waals surface area contributed by atoms with Crippen LogP contribution < -0.4 is 5.56 Å². The molecule has 3 aromatic rings. The van der Waals surface area contributed by atoms with E-state index in [1.54, 1.807) is 13.0 Å². The molecule has 1 unspecified atom stereocenters. The maximum absolute atomic E-state index is 12.9. The van der Waals surface area contributed by atoms with Gasteiger partial charge in [0.05, 0.1) is 12.1 Å². The van der Waals surface area contributed by atoms with Crippen molar-refractivity contribution < 1.29 is 13.2 Å². The number of alkyl halides is 3. The van der Waals surface area contributed by atoms with Crippen molar-refractivity contribution in [3.8, 4) is 0 Å². The normalized spacial score (nSPS) is 18.4. The molecule has 1 fully saturated rings. The van der Waals surface area contributed by atoms with Gasteiger partial charge in [0.2, 0.25) is 4.96 Å². The van der Waals surface area contributed by atoms with Crippen molar-refractivity contribution in [2.45, 2.75) is 32.0 Å². The van der Waals surface area contributed by atoms with E-state index in [1.807, 2.05) is 0 Å². The molecular formula is C18H17F3N4OS. The highest BCUT2D eigenvalue weighted by Crippen LogP contribution is 2.34. The first-order valence-corrected chi connectivity index (χ1v) is 9.37. The fraction of sp³-hybridized carbons (Fsp3) is 0.389. The largest absolute Gasteiger partial charge is 0.416 e. The highest BCUT2D eigenvalue weighted by atomic mass is 32.1. The lowest BCUT2D eigenvalue weighted by Gasteiger charge is -2.15. The summed E-state index contributed by atoms with van der Waals surface area (Å²) in [5.74, 6) is 0.0600. The van der Waals surface area contributed by atoms with Crippen LogP contribution in [0.15, 0.2) is 35.1 Å². The monoisotopic (exact) mass is 394 g/mol. The molecule has 1 aliphatic rings. The van der Waals surface area contributed by atoms with Crippen molar-refractivity contribution >= 4 is 16.3 Å². The van der Waals surface area contributed by atoms with Gasteiger partial charge in [-0.05, 0) is 37.4 Å². The van der Waals surface area contributed by atoms with Crippen LogP contribution in [-0.4, -0.2) is 32.6 Å². The maximum atomic E-state index is 12.9. The Bertz CT molecular complexity index is 1040. The third-order valence-electron chi connectivity index (χ3n) is 4.73. The summed E-state index contributed by atoms with van der Waals surface area (Å²) in [6.07, 6.45) is -3.53. The van der Waals surface area contributed by atoms with Gasteiger partial charge in [0.15, 0.2) is 0 Å². The van der Waals surface area contributed by atoms with Gasteiger partial charge in [-0.15, -0.1) is 0 Å². The summed E-state index contributed by atoms with van der Waals surface area (Å²) >= 11 is 1.37. The van der Waals surface area contributed by atoms with Gasteiger partial charge in [-0.25, -0.2) is 4.98 Å². The van der Waals surface area contributed by atoms with E-state index in [0.717, 1.165) is 24.0 Å². The second-order valence-corrected chi connectivity index (χ2v) is 7.81. The van der Waals surface area contributed by atoms with Crippen LogP contribution in [0.1, 0.15) is 34.2 Å². The molecule has 3 heterocycles. The molecule has 0 N–H and O–H groups in total. The van der Waals surface area contributed by atoms with Crippen LogP contribution in [0.25, 0.3) is 4.96 Å². The molecule has 142 valence electrons. The van der Waals surface area contributed by atoms with Crippen molar-refractivity contribution in [2.24, 2.45) is 0 Å². The molecule has 5 nitrogen and oxygen atoms in total. The molecule has 0 aliphatic carbocycles. The van der Waals surface area contributed by atoms with Crippen molar-refractivity contribution in [3.05, 3.63) is 62.5 Å². The van der Waals surface area contributed by atoms with Crippen LogP contribution in [0.3, 0.4) is 0 Å². The summed E-state index contributed by atoms with van der Waals surface area (Å²) in [5, 5.41) is 5.10. The average molecular weight is 394 g/mol. The fourth-order valence-corrected chi connectivity index (χ4v) is 4.42. The number of likely N-dealkylation sites (tertiary alicyclic amines) is 1. The fourth-order valence-electron chi connectivity index (χ4n) is 3.43. The van der Waals surface area contributed by atoms with Gasteiger partial charge in [0.25, 0.3) is 5.56 Å². The van der Waals surface area contributed by atoms with E-state index < -0.39 is 11.7 Å². The molecule has 9 heteroatoms. The van der Waals surface area contributed by atoms with Crippen LogP contribution in [0.4, 0.5) is 13.2 Å². The number of aromatic nitrogens is 3. The molecule has 0 bridgehead atoms. The molecule has 0 saturated carbocycles. The third-order valence-corrected chi connectivity index (χ3v) is 5.62. The number of benzene rings is 1. The summed E-state index contributed by atoms with van der Waals surface area (Å²) in [6, 6.07) is 7.01. The van der Waals surface area contributed by atoms with Crippen molar-refractivity contribution in [1.82, 2.24) is 19.5 Å². The summed E-state index contributed by atoms with van der Waals surface area (Å²) in [5.41, 5.74) is 0.555. The number of rotatable bonds is 3. The minimum Gasteiger partial charge on any atom is -0.296 e. The van der Waals surface area contributed by atoms with E-state index in [9.17, 15) is 18.0 Å². The second-order valence-electron chi connectivity index (χ2n) is 6.77. The standard InChI is InChI=1S/C18H17F3N4OS/c1-11-7-16(26)25-17(22-11)27-15(23-25)10-24-6-5-13(9-24)12-3-2-4-14(8-12)18(19,20)21/h2-4,7-8,13H,5-6,9-10H2,1H3. The molecule has 1 aromatic carbocycles. The number of fused-ring (bicyclic) bond motifs is 1. The zero-order valence-corrected chi connectivity index (χ0v) is 15.3. The second kappa shape index (κ2) is 6.72. The molecule has 0 spiro atoms. The Balaban J connectivity index is 1.49. The Kier molecular flexibility index (Phi) is 4.51. The Labute approximate surface area is 157 Å². The first-order chi connectivity index (χ1) is 12.8. The van der Waals surface area contributed by atoms with Crippen molar-refractivity contribution in [2.75, 3.05) is 13.1 Å². The minimum absolute atomic E-state index is 0.0600. The van der Waals surface area contributed by atoms with Crippen LogP contribution >= 0.6 is 11.3 Å². The first kappa shape index (κ1) is 18.1. The van der Waals surface area contributed by atoms with Gasteiger partial charge in [-0.1, -0.05) is 29.5 Å². The van der Waals surface area contributed by atoms with Crippen LogP contribution in [0, 0.1) is 6.92 Å². The predicted molar refractivity (Wildman–Crippen MR) is 96.0 cm³/mol. The first-order valence-electron chi connectivity index (χ1n) is 8.55. The Morgan fingerprint density at radius 2 is 2.11 bits per heavy atom. The van der Waals surface area contributed by atoms with Crippen LogP contribution in [-0.2, 0) is 12.7 Å². The predicted octanol–water partition coefficient (Wildman–Crippen LogP) is 3.47. The SMILES string of the molecule is Cc1cc(=O)n2nc(CN3CCC(c4cccc(C(F)(F)F)c4)C3)sc2n1. The molecule has 27 heavy (non-hydrogen) atoms.